The van der Waals surface area contributed by atoms with Crippen LogP contribution in [0.1, 0.15) is 42.4 Å². The Morgan fingerprint density at radius 1 is 1.00 bits per heavy atom. The van der Waals surface area contributed by atoms with E-state index in [9.17, 15) is 26.3 Å². The lowest BCUT2D eigenvalue weighted by molar-refractivity contribution is -0.143. The van der Waals surface area contributed by atoms with E-state index in [0.29, 0.717) is 17.9 Å². The Morgan fingerprint density at radius 2 is 1.59 bits per heavy atom. The number of aliphatic imine (C=N–C) groups is 1. The summed E-state index contributed by atoms with van der Waals surface area (Å²) in [6.45, 7) is 3.31. The van der Waals surface area contributed by atoms with Crippen LogP contribution in [0.25, 0.3) is 5.95 Å². The molecule has 170 valence electrons. The van der Waals surface area contributed by atoms with Crippen LogP contribution in [0.3, 0.4) is 0 Å². The molecule has 2 heterocycles. The number of aromatic nitrogens is 5. The van der Waals surface area contributed by atoms with E-state index in [1.807, 2.05) is 0 Å². The second kappa shape index (κ2) is 9.27. The second-order valence-corrected chi connectivity index (χ2v) is 7.67. The number of nitrogens with zero attached hydrogens (tertiary/aromatic N) is 6. The van der Waals surface area contributed by atoms with E-state index >= 15 is 0 Å². The van der Waals surface area contributed by atoms with Gasteiger partial charge in [0.25, 0.3) is 5.95 Å². The van der Waals surface area contributed by atoms with Gasteiger partial charge in [0.05, 0.1) is 16.2 Å². The first-order chi connectivity index (χ1) is 15.0. The number of thioether (sulfide) groups is 1. The number of alkyl halides is 6. The summed E-state index contributed by atoms with van der Waals surface area (Å²) in [5, 5.41) is 4.05. The van der Waals surface area contributed by atoms with Gasteiger partial charge in [-0.15, -0.1) is 11.8 Å². The van der Waals surface area contributed by atoms with Crippen LogP contribution in [0.15, 0.2) is 48.0 Å². The topological polar surface area (TPSA) is 68.8 Å². The maximum absolute atomic E-state index is 13.3. The summed E-state index contributed by atoms with van der Waals surface area (Å²) in [6.07, 6.45) is -5.69. The molecule has 6 nitrogen and oxygen atoms in total. The first kappa shape index (κ1) is 23.7. The minimum absolute atomic E-state index is 0.0140. The van der Waals surface area contributed by atoms with Crippen molar-refractivity contribution >= 4 is 16.8 Å². The molecular formula is C19H16F6N6S. The van der Waals surface area contributed by atoms with Crippen molar-refractivity contribution in [1.82, 2.24) is 24.7 Å². The number of benzene rings is 1. The van der Waals surface area contributed by atoms with Gasteiger partial charge in [0.2, 0.25) is 0 Å². The largest absolute Gasteiger partial charge is 0.416 e. The first-order valence-electron chi connectivity index (χ1n) is 9.18. The zero-order valence-corrected chi connectivity index (χ0v) is 17.5. The van der Waals surface area contributed by atoms with Gasteiger partial charge in [-0.05, 0) is 36.9 Å². The number of hydrogen-bond acceptors (Lipinski definition) is 6. The molecule has 0 N–H and O–H groups in total. The molecule has 3 rings (SSSR count). The Bertz CT molecular complexity index is 1060. The normalized spacial score (nSPS) is 13.9. The lowest BCUT2D eigenvalue weighted by Crippen LogP contribution is -2.14. The van der Waals surface area contributed by atoms with Crippen molar-refractivity contribution in [3.63, 3.8) is 0 Å². The molecule has 2 aromatic heterocycles. The minimum Gasteiger partial charge on any atom is -0.267 e. The molecular weight excluding hydrogens is 458 g/mol. The van der Waals surface area contributed by atoms with Crippen molar-refractivity contribution in [3.8, 4) is 5.95 Å². The summed E-state index contributed by atoms with van der Waals surface area (Å²) in [5.74, 6) is 0.844. The monoisotopic (exact) mass is 474 g/mol. The molecule has 1 aromatic carbocycles. The van der Waals surface area contributed by atoms with Crippen LogP contribution in [0.4, 0.5) is 26.3 Å². The highest BCUT2D eigenvalue weighted by atomic mass is 32.2. The molecule has 0 saturated heterocycles. The Balaban J connectivity index is 2.08. The molecule has 0 saturated carbocycles. The summed E-state index contributed by atoms with van der Waals surface area (Å²) in [5.41, 5.74) is -3.09. The quantitative estimate of drug-likeness (QED) is 0.283. The summed E-state index contributed by atoms with van der Waals surface area (Å²) < 4.78 is 80.9. The number of halogens is 6. The van der Waals surface area contributed by atoms with Crippen LogP contribution < -0.4 is 0 Å². The van der Waals surface area contributed by atoms with E-state index in [1.54, 1.807) is 19.9 Å². The fraction of sp³-hybridized carbons (Fsp3) is 0.316. The first-order valence-corrected chi connectivity index (χ1v) is 10.2. The van der Waals surface area contributed by atoms with Gasteiger partial charge in [-0.2, -0.15) is 36.1 Å². The molecule has 0 bridgehead atoms. The van der Waals surface area contributed by atoms with E-state index in [1.165, 1.54) is 23.4 Å². The number of rotatable bonds is 5. The zero-order chi connectivity index (χ0) is 23.5. The highest BCUT2D eigenvalue weighted by Crippen LogP contribution is 2.37. The van der Waals surface area contributed by atoms with Gasteiger partial charge in [0.15, 0.2) is 5.82 Å². The Morgan fingerprint density at radius 3 is 2.12 bits per heavy atom. The SMILES string of the molecule is CCSC(=NC(C)c1ncnn1-c1ncccn1)c1cc(C(F)(F)F)cc(C(F)(F)F)c1. The van der Waals surface area contributed by atoms with Crippen molar-refractivity contribution in [1.29, 1.82) is 0 Å². The van der Waals surface area contributed by atoms with E-state index in [-0.39, 0.29) is 28.4 Å². The van der Waals surface area contributed by atoms with Crippen molar-refractivity contribution in [2.45, 2.75) is 32.2 Å². The molecule has 0 aliphatic rings. The third kappa shape index (κ3) is 5.44. The lowest BCUT2D eigenvalue weighted by Gasteiger charge is -2.16. The molecule has 1 atom stereocenters. The van der Waals surface area contributed by atoms with Crippen LogP contribution in [-0.2, 0) is 12.4 Å². The fourth-order valence-electron chi connectivity index (χ4n) is 2.73. The van der Waals surface area contributed by atoms with Crippen molar-refractivity contribution in [3.05, 3.63) is 65.5 Å². The molecule has 0 radical (unpaired) electrons. The van der Waals surface area contributed by atoms with Crippen molar-refractivity contribution < 1.29 is 26.3 Å². The molecule has 13 heteroatoms. The third-order valence-corrected chi connectivity index (χ3v) is 5.02. The van der Waals surface area contributed by atoms with E-state index in [4.69, 9.17) is 0 Å². The maximum Gasteiger partial charge on any atom is 0.416 e. The molecule has 0 aliphatic carbocycles. The van der Waals surface area contributed by atoms with E-state index in [2.05, 4.69) is 25.0 Å². The summed E-state index contributed by atoms with van der Waals surface area (Å²) in [6, 6.07) is 2.25. The average Bonchev–Trinajstić information content (AvgIpc) is 3.22. The molecule has 0 aliphatic heterocycles. The van der Waals surface area contributed by atoms with Crippen molar-refractivity contribution in [2.75, 3.05) is 5.75 Å². The smallest absolute Gasteiger partial charge is 0.267 e. The van der Waals surface area contributed by atoms with Gasteiger partial charge in [-0.3, -0.25) is 4.99 Å². The molecule has 0 spiro atoms. The van der Waals surface area contributed by atoms with Crippen LogP contribution in [-0.4, -0.2) is 35.5 Å². The summed E-state index contributed by atoms with van der Waals surface area (Å²) >= 11 is 1.02. The van der Waals surface area contributed by atoms with Crippen LogP contribution in [0.2, 0.25) is 0 Å². The predicted molar refractivity (Wildman–Crippen MR) is 106 cm³/mol. The zero-order valence-electron chi connectivity index (χ0n) is 16.7. The van der Waals surface area contributed by atoms with Gasteiger partial charge >= 0.3 is 12.4 Å². The highest BCUT2D eigenvalue weighted by Gasteiger charge is 2.37. The van der Waals surface area contributed by atoms with Gasteiger partial charge < -0.3 is 0 Å². The minimum atomic E-state index is -4.95. The summed E-state index contributed by atoms with van der Waals surface area (Å²) in [7, 11) is 0. The third-order valence-electron chi connectivity index (χ3n) is 4.12. The van der Waals surface area contributed by atoms with Gasteiger partial charge in [-0.25, -0.2) is 15.0 Å². The van der Waals surface area contributed by atoms with Crippen LogP contribution in [0.5, 0.6) is 0 Å². The molecule has 32 heavy (non-hydrogen) atoms. The van der Waals surface area contributed by atoms with Crippen molar-refractivity contribution in [2.24, 2.45) is 4.99 Å². The van der Waals surface area contributed by atoms with E-state index in [0.717, 1.165) is 11.8 Å². The predicted octanol–water partition coefficient (Wildman–Crippen LogP) is 5.36. The summed E-state index contributed by atoms with van der Waals surface area (Å²) in [4.78, 5) is 16.6. The van der Waals surface area contributed by atoms with Gasteiger partial charge in [0.1, 0.15) is 12.4 Å². The van der Waals surface area contributed by atoms with Gasteiger partial charge in [0, 0.05) is 18.0 Å². The maximum atomic E-state index is 13.3. The number of hydrogen-bond donors (Lipinski definition) is 0. The molecule has 0 fully saturated rings. The Hall–Kier alpha value is -2.96. The fourth-order valence-corrected chi connectivity index (χ4v) is 3.52. The Labute approximate surface area is 182 Å². The molecule has 1 unspecified atom stereocenters. The standard InChI is InChI=1S/C19H16F6N6S/c1-3-32-16(12-7-13(18(20,21)22)9-14(8-12)19(23,24)25)30-11(2)15-28-10-29-31(15)17-26-5-4-6-27-17/h4-11H,3H2,1-2H3. The highest BCUT2D eigenvalue weighted by molar-refractivity contribution is 8.14. The lowest BCUT2D eigenvalue weighted by atomic mass is 10.1. The van der Waals surface area contributed by atoms with Crippen LogP contribution >= 0.6 is 11.8 Å². The van der Waals surface area contributed by atoms with Crippen LogP contribution in [0, 0.1) is 0 Å². The Kier molecular flexibility index (Phi) is 6.86. The van der Waals surface area contributed by atoms with Gasteiger partial charge in [-0.1, -0.05) is 6.92 Å². The molecule has 0 amide bonds. The molecule has 3 aromatic rings. The van der Waals surface area contributed by atoms with E-state index < -0.39 is 29.5 Å². The average molecular weight is 474 g/mol. The second-order valence-electron chi connectivity index (χ2n) is 6.42.